The van der Waals surface area contributed by atoms with Gasteiger partial charge in [-0.1, -0.05) is 189 Å². The van der Waals surface area contributed by atoms with Gasteiger partial charge in [-0.2, -0.15) is 0 Å². The number of quaternary nitrogens is 1. The zero-order valence-corrected chi connectivity index (χ0v) is 42.4. The number of rotatable bonds is 47. The maximum atomic E-state index is 12.8. The van der Waals surface area contributed by atoms with E-state index in [0.717, 1.165) is 70.6 Å². The van der Waals surface area contributed by atoms with Crippen LogP contribution in [0.4, 0.5) is 0 Å². The molecule has 8 nitrogen and oxygen atoms in total. The first-order valence-electron chi connectivity index (χ1n) is 25.7. The van der Waals surface area contributed by atoms with Crippen molar-refractivity contribution in [3.63, 3.8) is 0 Å². The van der Waals surface area contributed by atoms with E-state index in [4.69, 9.17) is 18.5 Å². The van der Waals surface area contributed by atoms with Gasteiger partial charge in [0.25, 0.3) is 0 Å². The van der Waals surface area contributed by atoms with Gasteiger partial charge in [0.15, 0.2) is 0 Å². The molecule has 0 heterocycles. The average molecular weight is 905 g/mol. The summed E-state index contributed by atoms with van der Waals surface area (Å²) in [5.74, 6) is -0.330. The number of esters is 1. The molecule has 0 spiro atoms. The Morgan fingerprint density at radius 3 is 1.40 bits per heavy atom. The van der Waals surface area contributed by atoms with Crippen LogP contribution in [0.2, 0.25) is 0 Å². The second kappa shape index (κ2) is 46.5. The molecule has 0 aromatic carbocycles. The first-order valence-corrected chi connectivity index (χ1v) is 27.2. The largest absolute Gasteiger partial charge is 0.472 e. The van der Waals surface area contributed by atoms with Gasteiger partial charge in [-0.15, -0.1) is 0 Å². The van der Waals surface area contributed by atoms with Gasteiger partial charge in [0.1, 0.15) is 19.3 Å². The number of phosphoric acid groups is 1. The molecule has 0 bridgehead atoms. The molecule has 0 aliphatic rings. The number of hydrogen-bond acceptors (Lipinski definition) is 6. The number of likely N-dealkylation sites (N-methyl/N-ethyl adjacent to an activating group) is 1. The minimum Gasteiger partial charge on any atom is -0.457 e. The van der Waals surface area contributed by atoms with Gasteiger partial charge in [-0.05, 0) is 83.5 Å². The van der Waals surface area contributed by atoms with E-state index in [1.165, 1.54) is 116 Å². The van der Waals surface area contributed by atoms with Crippen LogP contribution in [0.25, 0.3) is 0 Å². The number of carbonyl (C=O) groups excluding carboxylic acids is 1. The van der Waals surface area contributed by atoms with Crippen LogP contribution in [0, 0.1) is 0 Å². The Morgan fingerprint density at radius 2 is 0.921 bits per heavy atom. The second-order valence-electron chi connectivity index (χ2n) is 18.2. The summed E-state index contributed by atoms with van der Waals surface area (Å²) in [6, 6.07) is 0. The predicted molar refractivity (Wildman–Crippen MR) is 270 cm³/mol. The Kier molecular flexibility index (Phi) is 44.9. The zero-order chi connectivity index (χ0) is 46.2. The highest BCUT2D eigenvalue weighted by Gasteiger charge is 2.26. The summed E-state index contributed by atoms with van der Waals surface area (Å²) in [6.45, 7) is 5.40. The van der Waals surface area contributed by atoms with E-state index in [0.29, 0.717) is 24.1 Å². The van der Waals surface area contributed by atoms with Crippen LogP contribution in [-0.2, 0) is 27.9 Å². The van der Waals surface area contributed by atoms with E-state index >= 15 is 0 Å². The lowest BCUT2D eigenvalue weighted by molar-refractivity contribution is -0.870. The summed E-state index contributed by atoms with van der Waals surface area (Å²) in [5, 5.41) is 0. The molecule has 0 saturated heterocycles. The minimum atomic E-state index is -4.30. The van der Waals surface area contributed by atoms with Gasteiger partial charge in [-0.3, -0.25) is 13.8 Å². The fourth-order valence-electron chi connectivity index (χ4n) is 6.81. The van der Waals surface area contributed by atoms with Crippen molar-refractivity contribution in [2.45, 2.75) is 213 Å². The van der Waals surface area contributed by atoms with Crippen molar-refractivity contribution in [1.82, 2.24) is 0 Å². The SMILES string of the molecule is CC/C=C\C/C=C\C/C=C\C/C=C\C/C=C\CCCCOCC(COP(=O)(O)OCC[N+](C)(C)C)OC(=O)CCCCCCCCCCCCC/C=C\CCCCCCCCCC. The molecule has 366 valence electrons. The summed E-state index contributed by atoms with van der Waals surface area (Å²) < 4.78 is 35.1. The van der Waals surface area contributed by atoms with Crippen LogP contribution in [0.3, 0.4) is 0 Å². The number of hydrogen-bond donors (Lipinski definition) is 1. The van der Waals surface area contributed by atoms with Crippen molar-refractivity contribution < 1.29 is 37.3 Å². The number of nitrogens with zero attached hydrogens (tertiary/aromatic N) is 1. The van der Waals surface area contributed by atoms with E-state index in [2.05, 4.69) is 86.8 Å². The molecule has 2 unspecified atom stereocenters. The Morgan fingerprint density at radius 1 is 0.508 bits per heavy atom. The molecule has 0 fully saturated rings. The van der Waals surface area contributed by atoms with E-state index < -0.39 is 13.9 Å². The molecule has 63 heavy (non-hydrogen) atoms. The third-order valence-corrected chi connectivity index (χ3v) is 11.7. The highest BCUT2D eigenvalue weighted by molar-refractivity contribution is 7.47. The molecule has 1 N–H and O–H groups in total. The maximum Gasteiger partial charge on any atom is 0.472 e. The number of unbranched alkanes of at least 4 members (excludes halogenated alkanes) is 21. The molecule has 0 aliphatic carbocycles. The van der Waals surface area contributed by atoms with Crippen molar-refractivity contribution in [2.75, 3.05) is 54.1 Å². The Hall–Kier alpha value is -2.06. The van der Waals surface area contributed by atoms with Crippen molar-refractivity contribution in [3.05, 3.63) is 72.9 Å². The molecular formula is C54H99NO7P+. The van der Waals surface area contributed by atoms with Crippen LogP contribution in [0.1, 0.15) is 206 Å². The lowest BCUT2D eigenvalue weighted by Crippen LogP contribution is -2.37. The molecule has 0 aliphatic heterocycles. The Bertz CT molecular complexity index is 1230. The van der Waals surface area contributed by atoms with Gasteiger partial charge in [-0.25, -0.2) is 4.57 Å². The lowest BCUT2D eigenvalue weighted by Gasteiger charge is -2.24. The monoisotopic (exact) mass is 905 g/mol. The maximum absolute atomic E-state index is 12.8. The standard InChI is InChI=1S/C54H98NO7P/c1-6-8-10-12-14-16-18-20-22-24-26-27-28-29-30-31-33-35-37-39-41-43-45-47-54(56)62-53(52-61-63(57,58)60-50-48-55(3,4)5)51-59-49-46-44-42-40-38-36-34-32-25-23-21-19-17-15-13-11-9-7-2/h9,11,15,17,21,23-24,26,32,34,38,40,53H,6-8,10,12-14,16,18-20,22,25,27-31,33,35-37,39,41-52H2,1-5H3/p+1/b11-9-,17-15-,23-21-,26-24-,34-32-,40-38-. The smallest absolute Gasteiger partial charge is 0.457 e. The van der Waals surface area contributed by atoms with Crippen LogP contribution in [0.15, 0.2) is 72.9 Å². The van der Waals surface area contributed by atoms with Gasteiger partial charge in [0, 0.05) is 13.0 Å². The molecule has 9 heteroatoms. The number of phosphoric ester groups is 1. The third-order valence-electron chi connectivity index (χ3n) is 10.8. The number of allylic oxidation sites excluding steroid dienone is 12. The fourth-order valence-corrected chi connectivity index (χ4v) is 7.55. The van der Waals surface area contributed by atoms with Gasteiger partial charge >= 0.3 is 13.8 Å². The Labute approximate surface area is 389 Å². The summed E-state index contributed by atoms with van der Waals surface area (Å²) in [5.41, 5.74) is 0. The van der Waals surface area contributed by atoms with Crippen LogP contribution in [-0.4, -0.2) is 75.6 Å². The molecule has 0 saturated carbocycles. The molecule has 2 atom stereocenters. The Balaban J connectivity index is 4.20. The van der Waals surface area contributed by atoms with Gasteiger partial charge in [0.2, 0.25) is 0 Å². The number of ether oxygens (including phenoxy) is 2. The summed E-state index contributed by atoms with van der Waals surface area (Å²) in [7, 11) is 1.63. The lowest BCUT2D eigenvalue weighted by atomic mass is 10.0. The van der Waals surface area contributed by atoms with Crippen LogP contribution < -0.4 is 0 Å². The van der Waals surface area contributed by atoms with Gasteiger partial charge in [0.05, 0.1) is 34.4 Å². The molecule has 0 radical (unpaired) electrons. The van der Waals surface area contributed by atoms with Crippen molar-refractivity contribution >= 4 is 13.8 Å². The number of carbonyl (C=O) groups is 1. The fraction of sp³-hybridized carbons (Fsp3) is 0.759. The minimum absolute atomic E-state index is 0.0770. The average Bonchev–Trinajstić information content (AvgIpc) is 3.24. The molecule has 0 aromatic heterocycles. The third kappa shape index (κ3) is 50.8. The predicted octanol–water partition coefficient (Wildman–Crippen LogP) is 15.8. The normalized spacial score (nSPS) is 14.2. The topological polar surface area (TPSA) is 91.3 Å². The summed E-state index contributed by atoms with van der Waals surface area (Å²) in [6.07, 6.45) is 61.0. The summed E-state index contributed by atoms with van der Waals surface area (Å²) in [4.78, 5) is 23.0. The summed E-state index contributed by atoms with van der Waals surface area (Å²) >= 11 is 0. The second-order valence-corrected chi connectivity index (χ2v) is 19.6. The van der Waals surface area contributed by atoms with Gasteiger partial charge < -0.3 is 18.9 Å². The highest BCUT2D eigenvalue weighted by atomic mass is 31.2. The van der Waals surface area contributed by atoms with E-state index in [9.17, 15) is 14.3 Å². The van der Waals surface area contributed by atoms with E-state index in [1.54, 1.807) is 0 Å². The van der Waals surface area contributed by atoms with Crippen LogP contribution in [0.5, 0.6) is 0 Å². The molecule has 0 aromatic rings. The van der Waals surface area contributed by atoms with Crippen molar-refractivity contribution in [2.24, 2.45) is 0 Å². The molecular weight excluding hydrogens is 806 g/mol. The molecule has 0 rings (SSSR count). The first kappa shape index (κ1) is 60.9. The highest BCUT2D eigenvalue weighted by Crippen LogP contribution is 2.43. The van der Waals surface area contributed by atoms with Crippen molar-refractivity contribution in [3.8, 4) is 0 Å². The van der Waals surface area contributed by atoms with Crippen LogP contribution >= 0.6 is 7.82 Å². The zero-order valence-electron chi connectivity index (χ0n) is 41.5. The molecule has 0 amide bonds. The quantitative estimate of drug-likeness (QED) is 0.0214. The van der Waals surface area contributed by atoms with E-state index in [1.807, 2.05) is 21.1 Å². The first-order chi connectivity index (χ1) is 30.6. The van der Waals surface area contributed by atoms with Crippen molar-refractivity contribution in [1.29, 1.82) is 0 Å². The van der Waals surface area contributed by atoms with E-state index in [-0.39, 0.29) is 25.8 Å².